The number of nitrogens with two attached hydrogens (primary N) is 1. The first-order valence-electron chi connectivity index (χ1n) is 10.6. The summed E-state index contributed by atoms with van der Waals surface area (Å²) < 4.78 is 6.68. The van der Waals surface area contributed by atoms with Crippen LogP contribution in [0.2, 0.25) is 0 Å². The lowest BCUT2D eigenvalue weighted by Crippen LogP contribution is -2.47. The van der Waals surface area contributed by atoms with Crippen LogP contribution in [0.3, 0.4) is 0 Å². The summed E-state index contributed by atoms with van der Waals surface area (Å²) in [5.41, 5.74) is 9.64. The molecule has 2 heterocycles. The molecule has 5 heteroatoms. The van der Waals surface area contributed by atoms with Crippen LogP contribution in [0.15, 0.2) is 47.5 Å². The summed E-state index contributed by atoms with van der Waals surface area (Å²) in [5.74, 6) is 1.98. The lowest BCUT2D eigenvalue weighted by Gasteiger charge is -2.43. The molecule has 1 fully saturated rings. The van der Waals surface area contributed by atoms with Gasteiger partial charge in [-0.1, -0.05) is 49.2 Å². The Kier molecular flexibility index (Phi) is 4.14. The number of benzene rings is 2. The van der Waals surface area contributed by atoms with E-state index >= 15 is 0 Å². The zero-order chi connectivity index (χ0) is 20.2. The molecular weight excluding hydrogens is 362 g/mol. The Morgan fingerprint density at radius 2 is 2.03 bits per heavy atom. The number of hydroxylamine groups is 2. The van der Waals surface area contributed by atoms with Gasteiger partial charge in [-0.2, -0.15) is 0 Å². The second kappa shape index (κ2) is 6.49. The molecule has 1 aliphatic carbocycles. The first-order chi connectivity index (χ1) is 13.9. The molecule has 2 N–H and O–H groups in total. The predicted octanol–water partition coefficient (Wildman–Crippen LogP) is 4.74. The van der Waals surface area contributed by atoms with Gasteiger partial charge in [0.25, 0.3) is 0 Å². The van der Waals surface area contributed by atoms with Crippen LogP contribution in [0.5, 0.6) is 5.75 Å². The Morgan fingerprint density at radius 3 is 2.72 bits per heavy atom. The molecule has 2 aromatic rings. The zero-order valence-electron chi connectivity index (χ0n) is 17.4. The van der Waals surface area contributed by atoms with Crippen molar-refractivity contribution in [1.82, 2.24) is 5.06 Å². The fourth-order valence-corrected chi connectivity index (χ4v) is 5.26. The third kappa shape index (κ3) is 2.99. The van der Waals surface area contributed by atoms with Gasteiger partial charge in [0.1, 0.15) is 11.4 Å². The number of rotatable bonds is 2. The summed E-state index contributed by atoms with van der Waals surface area (Å²) in [5, 5.41) is 1.59. The minimum atomic E-state index is -0.811. The average molecular weight is 392 g/mol. The Bertz CT molecular complexity index is 988. The van der Waals surface area contributed by atoms with Crippen molar-refractivity contribution in [2.75, 3.05) is 7.05 Å². The van der Waals surface area contributed by atoms with Gasteiger partial charge in [-0.25, -0.2) is 14.9 Å². The van der Waals surface area contributed by atoms with Crippen LogP contribution < -0.4 is 10.5 Å². The number of nitrogens with zero attached hydrogens (tertiary/aromatic N) is 2. The van der Waals surface area contributed by atoms with Crippen molar-refractivity contribution in [3.63, 3.8) is 0 Å². The van der Waals surface area contributed by atoms with Gasteiger partial charge in [0.2, 0.25) is 11.7 Å². The van der Waals surface area contributed by atoms with Gasteiger partial charge in [0, 0.05) is 13.5 Å². The van der Waals surface area contributed by atoms with Gasteiger partial charge in [-0.3, -0.25) is 0 Å². The fourth-order valence-electron chi connectivity index (χ4n) is 5.26. The maximum absolute atomic E-state index is 6.68. The zero-order valence-corrected chi connectivity index (χ0v) is 17.4. The molecule has 3 aliphatic rings. The third-order valence-electron chi connectivity index (χ3n) is 6.79. The Balaban J connectivity index is 1.62. The number of ether oxygens (including phenoxy) is 1. The van der Waals surface area contributed by atoms with Crippen molar-refractivity contribution in [3.05, 3.63) is 53.6 Å². The van der Waals surface area contributed by atoms with E-state index in [1.165, 1.54) is 24.0 Å². The van der Waals surface area contributed by atoms with Crippen molar-refractivity contribution in [2.45, 2.75) is 57.3 Å². The minimum absolute atomic E-state index is 0.229. The SMILES string of the molecule is CCC1CCC2(C1)CC1(N=C(N)N(C)O1)c1cc(-c3cccc(C)c3)ccc1O2. The van der Waals surface area contributed by atoms with Crippen molar-refractivity contribution in [1.29, 1.82) is 0 Å². The van der Waals surface area contributed by atoms with E-state index in [2.05, 4.69) is 56.3 Å². The molecule has 5 rings (SSSR count). The Labute approximate surface area is 172 Å². The molecule has 2 spiro atoms. The van der Waals surface area contributed by atoms with Crippen LogP contribution in [0.4, 0.5) is 0 Å². The average Bonchev–Trinajstić information content (AvgIpc) is 3.22. The number of fused-ring (bicyclic) bond motifs is 2. The second-order valence-corrected chi connectivity index (χ2v) is 8.90. The summed E-state index contributed by atoms with van der Waals surface area (Å²) in [4.78, 5) is 11.2. The summed E-state index contributed by atoms with van der Waals surface area (Å²) in [7, 11) is 1.82. The van der Waals surface area contributed by atoms with E-state index in [0.717, 1.165) is 29.7 Å². The lowest BCUT2D eigenvalue weighted by molar-refractivity contribution is -0.203. The highest BCUT2D eigenvalue weighted by Gasteiger charge is 2.56. The molecule has 0 amide bonds. The lowest BCUT2D eigenvalue weighted by atomic mass is 9.82. The molecule has 152 valence electrons. The van der Waals surface area contributed by atoms with Crippen molar-refractivity contribution in [2.24, 2.45) is 16.6 Å². The van der Waals surface area contributed by atoms with Crippen LogP contribution in [-0.4, -0.2) is 23.7 Å². The van der Waals surface area contributed by atoms with Gasteiger partial charge in [-0.05, 0) is 55.4 Å². The van der Waals surface area contributed by atoms with E-state index in [1.54, 1.807) is 5.06 Å². The van der Waals surface area contributed by atoms with E-state index in [1.807, 2.05) is 7.05 Å². The number of hydrogen-bond donors (Lipinski definition) is 1. The summed E-state index contributed by atoms with van der Waals surface area (Å²) in [6.07, 6.45) is 5.16. The van der Waals surface area contributed by atoms with Crippen LogP contribution in [0.1, 0.15) is 50.2 Å². The minimum Gasteiger partial charge on any atom is -0.487 e. The molecule has 0 bridgehead atoms. The molecule has 29 heavy (non-hydrogen) atoms. The first kappa shape index (κ1) is 18.5. The summed E-state index contributed by atoms with van der Waals surface area (Å²) in [6.45, 7) is 4.38. The fraction of sp³-hybridized carbons (Fsp3) is 0.458. The van der Waals surface area contributed by atoms with Gasteiger partial charge >= 0.3 is 0 Å². The van der Waals surface area contributed by atoms with Crippen LogP contribution in [0.25, 0.3) is 11.1 Å². The molecule has 0 saturated heterocycles. The molecule has 3 unspecified atom stereocenters. The van der Waals surface area contributed by atoms with Crippen LogP contribution in [0, 0.1) is 12.8 Å². The molecule has 1 saturated carbocycles. The summed E-state index contributed by atoms with van der Waals surface area (Å²) in [6, 6.07) is 14.9. The number of guanidine groups is 1. The molecule has 2 aromatic carbocycles. The molecular formula is C24H29N3O2. The third-order valence-corrected chi connectivity index (χ3v) is 6.79. The quantitative estimate of drug-likeness (QED) is 0.803. The maximum Gasteiger partial charge on any atom is 0.222 e. The Hall–Kier alpha value is -2.53. The van der Waals surface area contributed by atoms with Crippen molar-refractivity contribution in [3.8, 4) is 16.9 Å². The molecule has 2 aliphatic heterocycles. The highest BCUT2D eigenvalue weighted by atomic mass is 16.7. The smallest absolute Gasteiger partial charge is 0.222 e. The highest BCUT2D eigenvalue weighted by Crippen LogP contribution is 2.55. The number of aryl methyl sites for hydroxylation is 1. The normalized spacial score (nSPS) is 30.5. The monoisotopic (exact) mass is 391 g/mol. The second-order valence-electron chi connectivity index (χ2n) is 8.90. The van der Waals surface area contributed by atoms with Gasteiger partial charge < -0.3 is 10.5 Å². The molecule has 3 atom stereocenters. The van der Waals surface area contributed by atoms with Gasteiger partial charge in [-0.15, -0.1) is 0 Å². The topological polar surface area (TPSA) is 60.1 Å². The predicted molar refractivity (Wildman–Crippen MR) is 114 cm³/mol. The number of aliphatic imine (C=N–C) groups is 1. The standard InChI is InChI=1S/C24H29N3O2/c1-4-17-10-11-23(14-17)15-24(26-22(25)27(3)29-24)20-13-19(8-9-21(20)28-23)18-7-5-6-16(2)12-18/h5-9,12-13,17H,4,10-11,14-15H2,1-3H3,(H2,25,26). The van der Waals surface area contributed by atoms with E-state index in [0.29, 0.717) is 18.3 Å². The van der Waals surface area contributed by atoms with E-state index in [4.69, 9.17) is 20.3 Å². The summed E-state index contributed by atoms with van der Waals surface area (Å²) >= 11 is 0. The van der Waals surface area contributed by atoms with E-state index < -0.39 is 5.72 Å². The first-order valence-corrected chi connectivity index (χ1v) is 10.6. The maximum atomic E-state index is 6.68. The van der Waals surface area contributed by atoms with Gasteiger partial charge in [0.15, 0.2) is 0 Å². The molecule has 0 aromatic heterocycles. The van der Waals surface area contributed by atoms with E-state index in [-0.39, 0.29) is 5.60 Å². The van der Waals surface area contributed by atoms with Crippen molar-refractivity contribution >= 4 is 5.96 Å². The van der Waals surface area contributed by atoms with Crippen LogP contribution >= 0.6 is 0 Å². The van der Waals surface area contributed by atoms with Crippen LogP contribution in [-0.2, 0) is 10.6 Å². The Morgan fingerprint density at radius 1 is 1.21 bits per heavy atom. The van der Waals surface area contributed by atoms with E-state index in [9.17, 15) is 0 Å². The number of hydrogen-bond acceptors (Lipinski definition) is 5. The molecule has 5 nitrogen and oxygen atoms in total. The highest BCUT2D eigenvalue weighted by molar-refractivity contribution is 5.79. The van der Waals surface area contributed by atoms with Gasteiger partial charge in [0.05, 0.1) is 5.56 Å². The van der Waals surface area contributed by atoms with Crippen molar-refractivity contribution < 1.29 is 9.57 Å². The largest absolute Gasteiger partial charge is 0.487 e. The molecule has 0 radical (unpaired) electrons.